The number of benzene rings is 1. The number of aromatic nitrogens is 1. The molecule has 0 saturated carbocycles. The molecule has 1 aromatic heterocycles. The van der Waals surface area contributed by atoms with Crippen LogP contribution in [0.1, 0.15) is 23.2 Å². The topological polar surface area (TPSA) is 54.0 Å². The first-order valence-electron chi connectivity index (χ1n) is 6.18. The summed E-state index contributed by atoms with van der Waals surface area (Å²) in [4.78, 5) is 16.3. The number of carbonyl (C=O) groups excluding carboxylic acids is 1. The van der Waals surface area contributed by atoms with Gasteiger partial charge in [-0.15, -0.1) is 36.2 Å². The van der Waals surface area contributed by atoms with E-state index in [9.17, 15) is 4.79 Å². The molecule has 1 aliphatic heterocycles. The van der Waals surface area contributed by atoms with Gasteiger partial charge in [-0.05, 0) is 37.6 Å². The molecule has 7 heteroatoms. The number of rotatable bonds is 2. The molecule has 0 aliphatic carbocycles. The van der Waals surface area contributed by atoms with Crippen LogP contribution in [0.3, 0.4) is 0 Å². The second kappa shape index (κ2) is 7.78. The van der Waals surface area contributed by atoms with Crippen LogP contribution < -0.4 is 10.6 Å². The lowest BCUT2D eigenvalue weighted by Crippen LogP contribution is -2.45. The monoisotopic (exact) mass is 333 g/mol. The summed E-state index contributed by atoms with van der Waals surface area (Å²) in [7, 11) is 0. The van der Waals surface area contributed by atoms with Crippen LogP contribution in [0, 0.1) is 0 Å². The van der Waals surface area contributed by atoms with Crippen molar-refractivity contribution in [3.63, 3.8) is 0 Å². The molecule has 1 saturated heterocycles. The number of halogens is 2. The van der Waals surface area contributed by atoms with Gasteiger partial charge in [-0.3, -0.25) is 4.79 Å². The molecule has 2 N–H and O–H groups in total. The van der Waals surface area contributed by atoms with Crippen molar-refractivity contribution in [2.24, 2.45) is 0 Å². The fourth-order valence-electron chi connectivity index (χ4n) is 2.24. The summed E-state index contributed by atoms with van der Waals surface area (Å²) < 4.78 is 1.06. The van der Waals surface area contributed by atoms with Crippen LogP contribution in [0.4, 0.5) is 0 Å². The Morgan fingerprint density at radius 3 is 3.00 bits per heavy atom. The van der Waals surface area contributed by atoms with Gasteiger partial charge in [-0.2, -0.15) is 0 Å². The lowest BCUT2D eigenvalue weighted by atomic mass is 10.1. The Morgan fingerprint density at radius 1 is 1.40 bits per heavy atom. The summed E-state index contributed by atoms with van der Waals surface area (Å²) in [6, 6.07) is 5.91. The highest BCUT2D eigenvalue weighted by atomic mass is 35.5. The predicted molar refractivity (Wildman–Crippen MR) is 87.5 cm³/mol. The van der Waals surface area contributed by atoms with E-state index >= 15 is 0 Å². The van der Waals surface area contributed by atoms with Gasteiger partial charge in [0.25, 0.3) is 5.91 Å². The summed E-state index contributed by atoms with van der Waals surface area (Å²) in [6.45, 7) is 1.92. The lowest BCUT2D eigenvalue weighted by molar-refractivity contribution is 0.0931. The van der Waals surface area contributed by atoms with Gasteiger partial charge in [-0.1, -0.05) is 0 Å². The Hall–Kier alpha value is -0.880. The minimum absolute atomic E-state index is 0. The maximum Gasteiger partial charge on any atom is 0.251 e. The zero-order chi connectivity index (χ0) is 12.4. The third-order valence-electron chi connectivity index (χ3n) is 3.23. The van der Waals surface area contributed by atoms with Crippen LogP contribution in [0.2, 0.25) is 0 Å². The molecular weight excluding hydrogens is 317 g/mol. The van der Waals surface area contributed by atoms with Crippen LogP contribution >= 0.6 is 36.2 Å². The third kappa shape index (κ3) is 3.82. The highest BCUT2D eigenvalue weighted by Gasteiger charge is 2.16. The number of thiazole rings is 1. The molecule has 3 rings (SSSR count). The molecule has 0 radical (unpaired) electrons. The van der Waals surface area contributed by atoms with E-state index in [1.54, 1.807) is 16.8 Å². The predicted octanol–water partition coefficient (Wildman–Crippen LogP) is 2.62. The first-order chi connectivity index (χ1) is 8.83. The molecule has 4 nitrogen and oxygen atoms in total. The van der Waals surface area contributed by atoms with Gasteiger partial charge >= 0.3 is 0 Å². The van der Waals surface area contributed by atoms with Gasteiger partial charge in [0.05, 0.1) is 15.7 Å². The Balaban J connectivity index is 0.000001000. The smallest absolute Gasteiger partial charge is 0.251 e. The summed E-state index contributed by atoms with van der Waals surface area (Å²) in [5.41, 5.74) is 3.48. The molecule has 110 valence electrons. The molecule has 1 unspecified atom stereocenters. The first kappa shape index (κ1) is 17.2. The molecule has 2 aromatic rings. The van der Waals surface area contributed by atoms with E-state index < -0.39 is 0 Å². The molecule has 1 amide bonds. The van der Waals surface area contributed by atoms with Gasteiger partial charge in [0.1, 0.15) is 0 Å². The second-order valence-corrected chi connectivity index (χ2v) is 5.44. The second-order valence-electron chi connectivity index (χ2n) is 4.55. The van der Waals surface area contributed by atoms with E-state index in [2.05, 4.69) is 15.6 Å². The summed E-state index contributed by atoms with van der Waals surface area (Å²) in [5, 5.41) is 6.37. The molecule has 1 aromatic carbocycles. The zero-order valence-corrected chi connectivity index (χ0v) is 13.2. The van der Waals surface area contributed by atoms with Crippen LogP contribution in [-0.2, 0) is 0 Å². The van der Waals surface area contributed by atoms with Crippen LogP contribution in [0.15, 0.2) is 23.7 Å². The van der Waals surface area contributed by atoms with Crippen molar-refractivity contribution in [3.8, 4) is 0 Å². The maximum atomic E-state index is 12.1. The van der Waals surface area contributed by atoms with Gasteiger partial charge in [0.2, 0.25) is 0 Å². The molecule has 1 aliphatic rings. The van der Waals surface area contributed by atoms with Crippen LogP contribution in [0.5, 0.6) is 0 Å². The third-order valence-corrected chi connectivity index (χ3v) is 4.02. The number of hydrogen-bond donors (Lipinski definition) is 2. The Morgan fingerprint density at radius 2 is 2.25 bits per heavy atom. The average molecular weight is 334 g/mol. The van der Waals surface area contributed by atoms with Crippen molar-refractivity contribution in [1.82, 2.24) is 15.6 Å². The van der Waals surface area contributed by atoms with Crippen LogP contribution in [0.25, 0.3) is 10.2 Å². The zero-order valence-electron chi connectivity index (χ0n) is 10.8. The van der Waals surface area contributed by atoms with Gasteiger partial charge in [0, 0.05) is 18.2 Å². The van der Waals surface area contributed by atoms with Gasteiger partial charge in [-0.25, -0.2) is 4.98 Å². The van der Waals surface area contributed by atoms with Gasteiger partial charge < -0.3 is 10.6 Å². The normalized spacial score (nSPS) is 17.9. The minimum atomic E-state index is 0. The Labute approximate surface area is 134 Å². The van der Waals surface area contributed by atoms with E-state index in [4.69, 9.17) is 0 Å². The van der Waals surface area contributed by atoms with Crippen LogP contribution in [-0.4, -0.2) is 30.0 Å². The molecule has 20 heavy (non-hydrogen) atoms. The number of nitrogens with one attached hydrogen (secondary N) is 2. The number of hydrogen-bond acceptors (Lipinski definition) is 4. The van der Waals surface area contributed by atoms with E-state index in [0.717, 1.165) is 41.7 Å². The highest BCUT2D eigenvalue weighted by Crippen LogP contribution is 2.19. The fourth-order valence-corrected chi connectivity index (χ4v) is 2.96. The summed E-state index contributed by atoms with van der Waals surface area (Å²) >= 11 is 1.56. The van der Waals surface area contributed by atoms with Crippen molar-refractivity contribution in [2.75, 3.05) is 13.1 Å². The van der Waals surface area contributed by atoms with Crippen molar-refractivity contribution in [1.29, 1.82) is 0 Å². The molecular formula is C13H17Cl2N3OS. The largest absolute Gasteiger partial charge is 0.348 e. The molecule has 0 spiro atoms. The van der Waals surface area contributed by atoms with E-state index in [-0.39, 0.29) is 36.8 Å². The number of fused-ring (bicyclic) bond motifs is 1. The van der Waals surface area contributed by atoms with Crippen molar-refractivity contribution in [2.45, 2.75) is 18.9 Å². The summed E-state index contributed by atoms with van der Waals surface area (Å²) in [6.07, 6.45) is 2.18. The fraction of sp³-hybridized carbons (Fsp3) is 0.385. The number of piperidine rings is 1. The standard InChI is InChI=1S/C13H15N3OS.2ClH/c17-13(16-10-2-1-5-14-7-10)9-3-4-11-12(6-9)18-8-15-11;;/h3-4,6,8,10,14H,1-2,5,7H2,(H,16,17);2*1H. The highest BCUT2D eigenvalue weighted by molar-refractivity contribution is 7.16. The quantitative estimate of drug-likeness (QED) is 0.888. The van der Waals surface area contributed by atoms with Crippen molar-refractivity contribution in [3.05, 3.63) is 29.3 Å². The Kier molecular flexibility index (Phi) is 6.68. The molecule has 0 bridgehead atoms. The van der Waals surface area contributed by atoms with E-state index in [0.29, 0.717) is 0 Å². The SMILES string of the molecule is Cl.Cl.O=C(NC1CCCNC1)c1ccc2ncsc2c1. The molecule has 1 fully saturated rings. The molecule has 1 atom stereocenters. The summed E-state index contributed by atoms with van der Waals surface area (Å²) in [5.74, 6) is 0.0130. The molecule has 2 heterocycles. The minimum Gasteiger partial charge on any atom is -0.348 e. The number of carbonyl (C=O) groups is 1. The number of nitrogens with zero attached hydrogens (tertiary/aromatic N) is 1. The van der Waals surface area contributed by atoms with Crippen molar-refractivity contribution < 1.29 is 4.79 Å². The van der Waals surface area contributed by atoms with Gasteiger partial charge in [0.15, 0.2) is 0 Å². The maximum absolute atomic E-state index is 12.1. The number of amides is 1. The van der Waals surface area contributed by atoms with E-state index in [1.165, 1.54) is 0 Å². The van der Waals surface area contributed by atoms with Crippen molar-refractivity contribution >= 4 is 52.3 Å². The lowest BCUT2D eigenvalue weighted by Gasteiger charge is -2.23. The Bertz CT molecular complexity index is 569. The van der Waals surface area contributed by atoms with E-state index in [1.807, 2.05) is 18.2 Å². The first-order valence-corrected chi connectivity index (χ1v) is 7.06. The average Bonchev–Trinajstić information content (AvgIpc) is 2.87.